The van der Waals surface area contributed by atoms with Crippen LogP contribution in [0.5, 0.6) is 0 Å². The SMILES string of the molecule is CC(NCc1ccc(F)c(-c2cccs2)c1)c1ncn[nH]1. The summed E-state index contributed by atoms with van der Waals surface area (Å²) in [5, 5.41) is 12.0. The highest BCUT2D eigenvalue weighted by Gasteiger charge is 2.10. The number of aromatic amines is 1. The number of nitrogens with zero attached hydrogens (tertiary/aromatic N) is 2. The van der Waals surface area contributed by atoms with Crippen molar-refractivity contribution < 1.29 is 4.39 Å². The molecule has 2 N–H and O–H groups in total. The molecule has 0 aliphatic carbocycles. The van der Waals surface area contributed by atoms with Crippen molar-refractivity contribution >= 4 is 11.3 Å². The van der Waals surface area contributed by atoms with Gasteiger partial charge in [0.25, 0.3) is 0 Å². The molecule has 1 aromatic carbocycles. The van der Waals surface area contributed by atoms with Crippen molar-refractivity contribution in [3.05, 3.63) is 59.2 Å². The van der Waals surface area contributed by atoms with Gasteiger partial charge in [0.15, 0.2) is 0 Å². The fourth-order valence-corrected chi connectivity index (χ4v) is 2.84. The number of hydrogen-bond acceptors (Lipinski definition) is 4. The molecule has 0 fully saturated rings. The van der Waals surface area contributed by atoms with Crippen LogP contribution in [0.15, 0.2) is 42.0 Å². The maximum absolute atomic E-state index is 13.9. The highest BCUT2D eigenvalue weighted by atomic mass is 32.1. The van der Waals surface area contributed by atoms with Crippen molar-refractivity contribution in [1.29, 1.82) is 0 Å². The lowest BCUT2D eigenvalue weighted by molar-refractivity contribution is 0.547. The molecule has 0 amide bonds. The number of H-pyrrole nitrogens is 1. The highest BCUT2D eigenvalue weighted by Crippen LogP contribution is 2.28. The van der Waals surface area contributed by atoms with E-state index in [-0.39, 0.29) is 11.9 Å². The fourth-order valence-electron chi connectivity index (χ4n) is 2.09. The molecule has 0 saturated heterocycles. The van der Waals surface area contributed by atoms with Crippen molar-refractivity contribution in [3.8, 4) is 10.4 Å². The van der Waals surface area contributed by atoms with Gasteiger partial charge in [0.05, 0.1) is 6.04 Å². The molecule has 0 aliphatic rings. The number of aromatic nitrogens is 3. The lowest BCUT2D eigenvalue weighted by atomic mass is 10.1. The molecule has 1 atom stereocenters. The van der Waals surface area contributed by atoms with Gasteiger partial charge in [-0.3, -0.25) is 5.10 Å². The molecule has 4 nitrogen and oxygen atoms in total. The summed E-state index contributed by atoms with van der Waals surface area (Å²) in [4.78, 5) is 5.06. The first-order valence-corrected chi connectivity index (χ1v) is 7.53. The standard InChI is InChI=1S/C15H15FN4S/c1-10(15-18-9-19-20-15)17-8-11-4-5-13(16)12(7-11)14-3-2-6-21-14/h2-7,9-10,17H,8H2,1H3,(H,18,19,20). The Bertz CT molecular complexity index is 695. The van der Waals surface area contributed by atoms with Crippen LogP contribution in [-0.4, -0.2) is 15.2 Å². The molecule has 2 aromatic heterocycles. The fraction of sp³-hybridized carbons (Fsp3) is 0.200. The van der Waals surface area contributed by atoms with Crippen molar-refractivity contribution in [1.82, 2.24) is 20.5 Å². The Kier molecular flexibility index (Phi) is 4.08. The first-order valence-electron chi connectivity index (χ1n) is 6.65. The third kappa shape index (κ3) is 3.17. The first kappa shape index (κ1) is 13.9. The van der Waals surface area contributed by atoms with Gasteiger partial charge in [-0.15, -0.1) is 11.3 Å². The van der Waals surface area contributed by atoms with Gasteiger partial charge in [-0.1, -0.05) is 12.1 Å². The summed E-state index contributed by atoms with van der Waals surface area (Å²) >= 11 is 1.54. The monoisotopic (exact) mass is 302 g/mol. The molecule has 3 rings (SSSR count). The Morgan fingerprint density at radius 1 is 1.38 bits per heavy atom. The minimum Gasteiger partial charge on any atom is -0.303 e. The zero-order chi connectivity index (χ0) is 14.7. The number of thiophene rings is 1. The van der Waals surface area contributed by atoms with Crippen LogP contribution < -0.4 is 5.32 Å². The zero-order valence-electron chi connectivity index (χ0n) is 11.5. The third-order valence-electron chi connectivity index (χ3n) is 3.27. The number of halogens is 1. The minimum absolute atomic E-state index is 0.0581. The van der Waals surface area contributed by atoms with E-state index < -0.39 is 0 Å². The average Bonchev–Trinajstić information content (AvgIpc) is 3.19. The molecular weight excluding hydrogens is 287 g/mol. The molecule has 0 spiro atoms. The predicted octanol–water partition coefficient (Wildman–Crippen LogP) is 3.52. The quantitative estimate of drug-likeness (QED) is 0.758. The van der Waals surface area contributed by atoms with Crippen LogP contribution in [0.4, 0.5) is 4.39 Å². The number of rotatable bonds is 5. The summed E-state index contributed by atoms with van der Waals surface area (Å²) in [7, 11) is 0. The molecule has 6 heteroatoms. The van der Waals surface area contributed by atoms with Crippen LogP contribution in [0.25, 0.3) is 10.4 Å². The maximum Gasteiger partial charge on any atom is 0.141 e. The van der Waals surface area contributed by atoms with Gasteiger partial charge in [-0.2, -0.15) is 5.10 Å². The van der Waals surface area contributed by atoms with Crippen molar-refractivity contribution in [2.24, 2.45) is 0 Å². The molecule has 3 aromatic rings. The highest BCUT2D eigenvalue weighted by molar-refractivity contribution is 7.13. The van der Waals surface area contributed by atoms with Gasteiger partial charge in [0.1, 0.15) is 18.0 Å². The summed E-state index contributed by atoms with van der Waals surface area (Å²) in [5.74, 6) is 0.597. The molecule has 0 aliphatic heterocycles. The molecule has 108 valence electrons. The maximum atomic E-state index is 13.9. The van der Waals surface area contributed by atoms with E-state index >= 15 is 0 Å². The lowest BCUT2D eigenvalue weighted by Crippen LogP contribution is -2.19. The van der Waals surface area contributed by atoms with Crippen molar-refractivity contribution in [2.75, 3.05) is 0 Å². The van der Waals surface area contributed by atoms with Crippen molar-refractivity contribution in [2.45, 2.75) is 19.5 Å². The predicted molar refractivity (Wildman–Crippen MR) is 81.4 cm³/mol. The largest absolute Gasteiger partial charge is 0.303 e. The second-order valence-corrected chi connectivity index (χ2v) is 5.71. The van der Waals surface area contributed by atoms with E-state index in [0.717, 1.165) is 16.3 Å². The van der Waals surface area contributed by atoms with E-state index in [1.807, 2.05) is 30.5 Å². The van der Waals surface area contributed by atoms with Crippen LogP contribution in [-0.2, 0) is 6.54 Å². The number of nitrogens with one attached hydrogen (secondary N) is 2. The van der Waals surface area contributed by atoms with Crippen LogP contribution in [0.3, 0.4) is 0 Å². The van der Waals surface area contributed by atoms with E-state index in [0.29, 0.717) is 12.1 Å². The summed E-state index contributed by atoms with van der Waals surface area (Å²) in [5.41, 5.74) is 1.68. The molecule has 0 bridgehead atoms. The molecule has 2 heterocycles. The van der Waals surface area contributed by atoms with Gasteiger partial charge in [-0.25, -0.2) is 9.37 Å². The molecule has 0 radical (unpaired) electrons. The summed E-state index contributed by atoms with van der Waals surface area (Å²) < 4.78 is 13.9. The summed E-state index contributed by atoms with van der Waals surface area (Å²) in [6.45, 7) is 2.64. The molecule has 1 unspecified atom stereocenters. The van der Waals surface area contributed by atoms with Crippen LogP contribution >= 0.6 is 11.3 Å². The van der Waals surface area contributed by atoms with Crippen LogP contribution in [0.1, 0.15) is 24.4 Å². The Morgan fingerprint density at radius 3 is 3.00 bits per heavy atom. The molecule has 21 heavy (non-hydrogen) atoms. The number of benzene rings is 1. The Hall–Kier alpha value is -2.05. The topological polar surface area (TPSA) is 53.6 Å². The summed E-state index contributed by atoms with van der Waals surface area (Å²) in [6.07, 6.45) is 1.49. The van der Waals surface area contributed by atoms with E-state index in [1.54, 1.807) is 6.07 Å². The van der Waals surface area contributed by atoms with Crippen molar-refractivity contribution in [3.63, 3.8) is 0 Å². The average molecular weight is 302 g/mol. The van der Waals surface area contributed by atoms with Gasteiger partial charge < -0.3 is 5.32 Å². The minimum atomic E-state index is -0.190. The van der Waals surface area contributed by atoms with Gasteiger partial charge in [0.2, 0.25) is 0 Å². The third-order valence-corrected chi connectivity index (χ3v) is 4.18. The van der Waals surface area contributed by atoms with Crippen LogP contribution in [0.2, 0.25) is 0 Å². The van der Waals surface area contributed by atoms with Gasteiger partial charge >= 0.3 is 0 Å². The number of hydrogen-bond donors (Lipinski definition) is 2. The van der Waals surface area contributed by atoms with E-state index in [1.165, 1.54) is 23.7 Å². The van der Waals surface area contributed by atoms with Gasteiger partial charge in [-0.05, 0) is 36.1 Å². The van der Waals surface area contributed by atoms with E-state index in [4.69, 9.17) is 0 Å². The Morgan fingerprint density at radius 2 is 2.29 bits per heavy atom. The first-order chi connectivity index (χ1) is 10.2. The Labute approximate surface area is 126 Å². The van der Waals surface area contributed by atoms with E-state index in [9.17, 15) is 4.39 Å². The smallest absolute Gasteiger partial charge is 0.141 e. The van der Waals surface area contributed by atoms with E-state index in [2.05, 4.69) is 20.5 Å². The zero-order valence-corrected chi connectivity index (χ0v) is 12.3. The second-order valence-electron chi connectivity index (χ2n) is 4.76. The van der Waals surface area contributed by atoms with Crippen LogP contribution in [0, 0.1) is 5.82 Å². The molecular formula is C15H15FN4S. The second kappa shape index (κ2) is 6.15. The Balaban J connectivity index is 1.73. The van der Waals surface area contributed by atoms with Gasteiger partial charge in [0, 0.05) is 17.0 Å². The summed E-state index contributed by atoms with van der Waals surface area (Å²) in [6, 6.07) is 9.12. The molecule has 0 saturated carbocycles. The normalized spacial score (nSPS) is 12.5. The lowest BCUT2D eigenvalue weighted by Gasteiger charge is -2.12.